The molecular formula is C14H25N5O2S. The molecule has 0 radical (unpaired) electrons. The molecule has 1 rings (SSSR count). The molecule has 1 aromatic heterocycles. The van der Waals surface area contributed by atoms with Gasteiger partial charge in [-0.05, 0) is 13.8 Å². The molecular weight excluding hydrogens is 302 g/mol. The van der Waals surface area contributed by atoms with Crippen molar-refractivity contribution in [2.24, 2.45) is 0 Å². The Kier molecular flexibility index (Phi) is 6.86. The standard InChI is InChI=1S/C14H25N5O2S/c1-7-18(8-2)11(20)9-22-13-15-12(10(3)4)16-19(13)14(21)17(5)6/h10H,7-9H2,1-6H3. The molecule has 0 bridgehead atoms. The highest BCUT2D eigenvalue weighted by Gasteiger charge is 2.21. The van der Waals surface area contributed by atoms with Crippen molar-refractivity contribution in [3.8, 4) is 0 Å². The summed E-state index contributed by atoms with van der Waals surface area (Å²) in [6, 6.07) is -0.266. The van der Waals surface area contributed by atoms with E-state index < -0.39 is 0 Å². The van der Waals surface area contributed by atoms with Crippen LogP contribution >= 0.6 is 11.8 Å². The van der Waals surface area contributed by atoms with Crippen molar-refractivity contribution >= 4 is 23.7 Å². The van der Waals surface area contributed by atoms with Crippen LogP contribution in [-0.2, 0) is 4.79 Å². The van der Waals surface area contributed by atoms with Crippen LogP contribution in [0.25, 0.3) is 0 Å². The Balaban J connectivity index is 2.93. The molecule has 0 N–H and O–H groups in total. The van der Waals surface area contributed by atoms with E-state index in [2.05, 4.69) is 10.1 Å². The van der Waals surface area contributed by atoms with Crippen LogP contribution in [0.2, 0.25) is 0 Å². The van der Waals surface area contributed by atoms with Gasteiger partial charge in [-0.15, -0.1) is 5.10 Å². The summed E-state index contributed by atoms with van der Waals surface area (Å²) in [4.78, 5) is 31.8. The SMILES string of the molecule is CCN(CC)C(=O)CSc1nc(C(C)C)nn1C(=O)N(C)C. The van der Waals surface area contributed by atoms with Crippen molar-refractivity contribution in [2.75, 3.05) is 32.9 Å². The zero-order valence-corrected chi connectivity index (χ0v) is 15.0. The van der Waals surface area contributed by atoms with Crippen LogP contribution in [0.15, 0.2) is 5.16 Å². The number of carbonyl (C=O) groups excluding carboxylic acids is 2. The number of hydrogen-bond acceptors (Lipinski definition) is 5. The summed E-state index contributed by atoms with van der Waals surface area (Å²) < 4.78 is 1.27. The molecule has 124 valence electrons. The predicted octanol–water partition coefficient (Wildman–Crippen LogP) is 1.89. The van der Waals surface area contributed by atoms with E-state index in [0.29, 0.717) is 24.1 Å². The number of nitrogens with zero attached hydrogens (tertiary/aromatic N) is 5. The molecule has 0 aromatic carbocycles. The van der Waals surface area contributed by atoms with Gasteiger partial charge in [-0.25, -0.2) is 9.78 Å². The largest absolute Gasteiger partial charge is 0.346 e. The van der Waals surface area contributed by atoms with E-state index in [9.17, 15) is 9.59 Å². The Morgan fingerprint density at radius 3 is 2.27 bits per heavy atom. The summed E-state index contributed by atoms with van der Waals surface area (Å²) in [5.41, 5.74) is 0. The summed E-state index contributed by atoms with van der Waals surface area (Å²) >= 11 is 1.25. The van der Waals surface area contributed by atoms with Crippen LogP contribution in [0.4, 0.5) is 4.79 Å². The minimum Gasteiger partial charge on any atom is -0.343 e. The molecule has 0 saturated carbocycles. The van der Waals surface area contributed by atoms with Gasteiger partial charge in [-0.1, -0.05) is 25.6 Å². The fraction of sp³-hybridized carbons (Fsp3) is 0.714. The first-order valence-corrected chi connectivity index (χ1v) is 8.39. The maximum Gasteiger partial charge on any atom is 0.346 e. The van der Waals surface area contributed by atoms with Gasteiger partial charge in [0.2, 0.25) is 5.91 Å². The highest BCUT2D eigenvalue weighted by molar-refractivity contribution is 7.99. The third-order valence-corrected chi connectivity index (χ3v) is 4.03. The van der Waals surface area contributed by atoms with E-state index in [1.807, 2.05) is 27.7 Å². The summed E-state index contributed by atoms with van der Waals surface area (Å²) in [5, 5.41) is 4.72. The highest BCUT2D eigenvalue weighted by Crippen LogP contribution is 2.20. The van der Waals surface area contributed by atoms with Gasteiger partial charge in [0.1, 0.15) is 0 Å². The Labute approximate surface area is 136 Å². The van der Waals surface area contributed by atoms with Gasteiger partial charge in [0.15, 0.2) is 11.0 Å². The summed E-state index contributed by atoms with van der Waals surface area (Å²) in [6.07, 6.45) is 0. The lowest BCUT2D eigenvalue weighted by molar-refractivity contribution is -0.127. The molecule has 8 heteroatoms. The topological polar surface area (TPSA) is 71.3 Å². The van der Waals surface area contributed by atoms with Crippen LogP contribution in [-0.4, -0.2) is 69.4 Å². The molecule has 2 amide bonds. The minimum atomic E-state index is -0.266. The average Bonchev–Trinajstić information content (AvgIpc) is 2.89. The van der Waals surface area contributed by atoms with Crippen LogP contribution in [0.5, 0.6) is 0 Å². The zero-order chi connectivity index (χ0) is 16.9. The molecule has 22 heavy (non-hydrogen) atoms. The van der Waals surface area contributed by atoms with Crippen LogP contribution in [0.1, 0.15) is 39.4 Å². The van der Waals surface area contributed by atoms with Gasteiger partial charge < -0.3 is 9.80 Å². The van der Waals surface area contributed by atoms with Crippen LogP contribution < -0.4 is 0 Å². The monoisotopic (exact) mass is 327 g/mol. The number of aromatic nitrogens is 3. The molecule has 0 fully saturated rings. The zero-order valence-electron chi connectivity index (χ0n) is 14.2. The van der Waals surface area contributed by atoms with Gasteiger partial charge in [-0.3, -0.25) is 4.79 Å². The Morgan fingerprint density at radius 2 is 1.82 bits per heavy atom. The molecule has 0 saturated heterocycles. The molecule has 1 heterocycles. The summed E-state index contributed by atoms with van der Waals surface area (Å²) in [7, 11) is 3.32. The van der Waals surface area contributed by atoms with Crippen molar-refractivity contribution in [1.82, 2.24) is 24.6 Å². The van der Waals surface area contributed by atoms with E-state index in [0.717, 1.165) is 0 Å². The first-order valence-electron chi connectivity index (χ1n) is 7.40. The fourth-order valence-electron chi connectivity index (χ4n) is 1.76. The van der Waals surface area contributed by atoms with Crippen molar-refractivity contribution in [2.45, 2.75) is 38.8 Å². The normalized spacial score (nSPS) is 10.9. The minimum absolute atomic E-state index is 0.0351. The molecule has 7 nitrogen and oxygen atoms in total. The fourth-order valence-corrected chi connectivity index (χ4v) is 2.59. The quantitative estimate of drug-likeness (QED) is 0.746. The van der Waals surface area contributed by atoms with Gasteiger partial charge >= 0.3 is 6.03 Å². The Hall–Kier alpha value is -1.57. The lowest BCUT2D eigenvalue weighted by Crippen LogP contribution is -2.32. The second kappa shape index (κ2) is 8.17. The predicted molar refractivity (Wildman–Crippen MR) is 87.2 cm³/mol. The first kappa shape index (κ1) is 18.5. The molecule has 0 unspecified atom stereocenters. The van der Waals surface area contributed by atoms with E-state index in [1.54, 1.807) is 19.0 Å². The van der Waals surface area contributed by atoms with Crippen LogP contribution in [0, 0.1) is 0 Å². The van der Waals surface area contributed by atoms with Gasteiger partial charge in [-0.2, -0.15) is 4.68 Å². The summed E-state index contributed by atoms with van der Waals surface area (Å²) in [5.74, 6) is 1.01. The number of thioether (sulfide) groups is 1. The van der Waals surface area contributed by atoms with E-state index >= 15 is 0 Å². The molecule has 0 aliphatic heterocycles. The van der Waals surface area contributed by atoms with Crippen molar-refractivity contribution in [3.63, 3.8) is 0 Å². The Morgan fingerprint density at radius 1 is 1.23 bits per heavy atom. The van der Waals surface area contributed by atoms with Gasteiger partial charge in [0, 0.05) is 33.1 Å². The average molecular weight is 327 g/mol. The van der Waals surface area contributed by atoms with E-state index in [4.69, 9.17) is 0 Å². The lowest BCUT2D eigenvalue weighted by Gasteiger charge is -2.18. The smallest absolute Gasteiger partial charge is 0.343 e. The first-order chi connectivity index (χ1) is 10.3. The van der Waals surface area contributed by atoms with E-state index in [-0.39, 0.29) is 23.6 Å². The summed E-state index contributed by atoms with van der Waals surface area (Å²) in [6.45, 7) is 9.18. The van der Waals surface area contributed by atoms with Crippen molar-refractivity contribution in [1.29, 1.82) is 0 Å². The maximum absolute atomic E-state index is 12.2. The number of carbonyl (C=O) groups is 2. The number of hydrogen-bond donors (Lipinski definition) is 0. The highest BCUT2D eigenvalue weighted by atomic mass is 32.2. The molecule has 0 aliphatic rings. The molecule has 0 spiro atoms. The van der Waals surface area contributed by atoms with Gasteiger partial charge in [0.05, 0.1) is 5.75 Å². The van der Waals surface area contributed by atoms with Crippen molar-refractivity contribution in [3.05, 3.63) is 5.82 Å². The van der Waals surface area contributed by atoms with Gasteiger partial charge in [0.25, 0.3) is 0 Å². The van der Waals surface area contributed by atoms with Crippen LogP contribution in [0.3, 0.4) is 0 Å². The molecule has 1 aromatic rings. The third kappa shape index (κ3) is 4.46. The molecule has 0 atom stereocenters. The lowest BCUT2D eigenvalue weighted by atomic mass is 10.2. The second-order valence-electron chi connectivity index (χ2n) is 5.35. The number of amides is 2. The molecule has 0 aliphatic carbocycles. The third-order valence-electron chi connectivity index (χ3n) is 3.11. The van der Waals surface area contributed by atoms with E-state index in [1.165, 1.54) is 21.3 Å². The number of rotatable bonds is 6. The van der Waals surface area contributed by atoms with Crippen molar-refractivity contribution < 1.29 is 9.59 Å². The second-order valence-corrected chi connectivity index (χ2v) is 6.29. The maximum atomic E-state index is 12.2. The Bertz CT molecular complexity index is 523.